The third-order valence-electron chi connectivity index (χ3n) is 3.07. The van der Waals surface area contributed by atoms with E-state index in [0.717, 1.165) is 25.7 Å². The zero-order valence-corrected chi connectivity index (χ0v) is 11.2. The van der Waals surface area contributed by atoms with Crippen LogP contribution in [0.2, 0.25) is 0 Å². The van der Waals surface area contributed by atoms with Crippen LogP contribution in [-0.4, -0.2) is 23.5 Å². The average Bonchev–Trinajstić information content (AvgIpc) is 2.29. The van der Waals surface area contributed by atoms with E-state index in [-0.39, 0.29) is 11.8 Å². The Morgan fingerprint density at radius 3 is 2.35 bits per heavy atom. The predicted molar refractivity (Wildman–Crippen MR) is 67.7 cm³/mol. The quantitative estimate of drug-likeness (QED) is 0.653. The van der Waals surface area contributed by atoms with Crippen LogP contribution < -0.4 is 5.32 Å². The maximum Gasteiger partial charge on any atom is 0.306 e. The Labute approximate surface area is 104 Å². The lowest BCUT2D eigenvalue weighted by Crippen LogP contribution is -2.32. The zero-order valence-electron chi connectivity index (χ0n) is 11.2. The molecule has 2 atom stereocenters. The maximum atomic E-state index is 11.8. The summed E-state index contributed by atoms with van der Waals surface area (Å²) in [4.78, 5) is 22.4. The highest BCUT2D eigenvalue weighted by Crippen LogP contribution is 2.12. The van der Waals surface area contributed by atoms with Gasteiger partial charge in [0.05, 0.1) is 5.92 Å². The van der Waals surface area contributed by atoms with Crippen LogP contribution in [0.4, 0.5) is 0 Å². The number of amides is 1. The molecule has 0 aliphatic rings. The molecule has 4 heteroatoms. The Morgan fingerprint density at radius 2 is 1.88 bits per heavy atom. The summed E-state index contributed by atoms with van der Waals surface area (Å²) in [6, 6.07) is 0. The number of unbranched alkanes of at least 4 members (excludes halogenated alkanes) is 1. The number of rotatable bonds is 9. The van der Waals surface area contributed by atoms with Crippen molar-refractivity contribution in [3.05, 3.63) is 0 Å². The van der Waals surface area contributed by atoms with Gasteiger partial charge in [-0.2, -0.15) is 0 Å². The fourth-order valence-corrected chi connectivity index (χ4v) is 1.65. The van der Waals surface area contributed by atoms with Crippen molar-refractivity contribution in [3.8, 4) is 0 Å². The largest absolute Gasteiger partial charge is 0.481 e. The third kappa shape index (κ3) is 6.97. The van der Waals surface area contributed by atoms with Gasteiger partial charge in [0, 0.05) is 12.5 Å². The molecule has 1 amide bonds. The lowest BCUT2D eigenvalue weighted by atomic mass is 9.98. The zero-order chi connectivity index (χ0) is 13.3. The van der Waals surface area contributed by atoms with Gasteiger partial charge in [0.2, 0.25) is 5.91 Å². The van der Waals surface area contributed by atoms with Gasteiger partial charge >= 0.3 is 5.97 Å². The number of carbonyl (C=O) groups is 2. The standard InChI is InChI=1S/C13H25NO3/c1-4-6-7-11(5-2)12(15)14-9-8-10(3)13(16)17/h10-11H,4-9H2,1-3H3,(H,14,15)(H,16,17). The SMILES string of the molecule is CCCCC(CC)C(=O)NCCC(C)C(=O)O. The van der Waals surface area contributed by atoms with Gasteiger partial charge in [0.25, 0.3) is 0 Å². The molecule has 17 heavy (non-hydrogen) atoms. The third-order valence-corrected chi connectivity index (χ3v) is 3.07. The average molecular weight is 243 g/mol. The Kier molecular flexibility index (Phi) is 8.46. The number of carboxylic acids is 1. The Morgan fingerprint density at radius 1 is 1.24 bits per heavy atom. The summed E-state index contributed by atoms with van der Waals surface area (Å²) in [5.41, 5.74) is 0. The molecule has 2 unspecified atom stereocenters. The fourth-order valence-electron chi connectivity index (χ4n) is 1.65. The Balaban J connectivity index is 3.86. The van der Waals surface area contributed by atoms with Crippen molar-refractivity contribution in [3.63, 3.8) is 0 Å². The molecule has 0 aromatic carbocycles. The summed E-state index contributed by atoms with van der Waals surface area (Å²) in [5, 5.41) is 11.5. The summed E-state index contributed by atoms with van der Waals surface area (Å²) in [6.07, 6.45) is 4.43. The van der Waals surface area contributed by atoms with E-state index in [0.29, 0.717) is 13.0 Å². The number of nitrogens with one attached hydrogen (secondary N) is 1. The summed E-state index contributed by atoms with van der Waals surface area (Å²) < 4.78 is 0. The number of carboxylic acid groups (broad SMARTS) is 1. The lowest BCUT2D eigenvalue weighted by molar-refractivity contribution is -0.141. The molecule has 0 heterocycles. The minimum Gasteiger partial charge on any atom is -0.481 e. The molecule has 0 spiro atoms. The van der Waals surface area contributed by atoms with Crippen molar-refractivity contribution in [1.82, 2.24) is 5.32 Å². The molecule has 4 nitrogen and oxygen atoms in total. The molecule has 0 rings (SSSR count). The molecular formula is C13H25NO3. The predicted octanol–water partition coefficient (Wildman–Crippen LogP) is 2.43. The van der Waals surface area contributed by atoms with Gasteiger partial charge in [-0.3, -0.25) is 9.59 Å². The van der Waals surface area contributed by atoms with E-state index in [1.165, 1.54) is 0 Å². The molecule has 2 N–H and O–H groups in total. The van der Waals surface area contributed by atoms with Crippen molar-refractivity contribution in [2.75, 3.05) is 6.54 Å². The van der Waals surface area contributed by atoms with Gasteiger partial charge in [-0.1, -0.05) is 33.6 Å². The van der Waals surface area contributed by atoms with Gasteiger partial charge in [-0.15, -0.1) is 0 Å². The number of aliphatic carboxylic acids is 1. The van der Waals surface area contributed by atoms with Crippen LogP contribution in [0, 0.1) is 11.8 Å². The molecule has 0 bridgehead atoms. The van der Waals surface area contributed by atoms with Crippen LogP contribution in [0.15, 0.2) is 0 Å². The van der Waals surface area contributed by atoms with E-state index < -0.39 is 11.9 Å². The van der Waals surface area contributed by atoms with Crippen LogP contribution >= 0.6 is 0 Å². The van der Waals surface area contributed by atoms with E-state index in [4.69, 9.17) is 5.11 Å². The molecule has 0 aromatic heterocycles. The van der Waals surface area contributed by atoms with Crippen LogP contribution in [-0.2, 0) is 9.59 Å². The molecule has 0 aromatic rings. The summed E-state index contributed by atoms with van der Waals surface area (Å²) in [7, 11) is 0. The first-order chi connectivity index (χ1) is 8.02. The molecule has 0 saturated heterocycles. The van der Waals surface area contributed by atoms with E-state index in [1.807, 2.05) is 6.92 Å². The fraction of sp³-hybridized carbons (Fsp3) is 0.846. The van der Waals surface area contributed by atoms with Crippen molar-refractivity contribution >= 4 is 11.9 Å². The van der Waals surface area contributed by atoms with Crippen molar-refractivity contribution in [2.45, 2.75) is 52.9 Å². The highest BCUT2D eigenvalue weighted by Gasteiger charge is 2.16. The van der Waals surface area contributed by atoms with E-state index in [2.05, 4.69) is 12.2 Å². The molecule has 0 aliphatic heterocycles. The maximum absolute atomic E-state index is 11.8. The molecule has 0 radical (unpaired) electrons. The van der Waals surface area contributed by atoms with E-state index in [1.54, 1.807) is 6.92 Å². The molecule has 0 fully saturated rings. The minimum atomic E-state index is -0.808. The van der Waals surface area contributed by atoms with Crippen LogP contribution in [0.1, 0.15) is 52.9 Å². The summed E-state index contributed by atoms with van der Waals surface area (Å²) >= 11 is 0. The Bertz CT molecular complexity index is 241. The van der Waals surface area contributed by atoms with Crippen LogP contribution in [0.3, 0.4) is 0 Å². The second-order valence-electron chi connectivity index (χ2n) is 4.57. The van der Waals surface area contributed by atoms with Crippen LogP contribution in [0.5, 0.6) is 0 Å². The lowest BCUT2D eigenvalue weighted by Gasteiger charge is -2.15. The van der Waals surface area contributed by atoms with Crippen molar-refractivity contribution in [1.29, 1.82) is 0 Å². The van der Waals surface area contributed by atoms with Crippen molar-refractivity contribution < 1.29 is 14.7 Å². The topological polar surface area (TPSA) is 66.4 Å². The van der Waals surface area contributed by atoms with Gasteiger partial charge < -0.3 is 10.4 Å². The van der Waals surface area contributed by atoms with Gasteiger partial charge in [-0.05, 0) is 19.3 Å². The highest BCUT2D eigenvalue weighted by atomic mass is 16.4. The number of carbonyl (C=O) groups excluding carboxylic acids is 1. The molecule has 0 aliphatic carbocycles. The highest BCUT2D eigenvalue weighted by molar-refractivity contribution is 5.78. The van der Waals surface area contributed by atoms with Crippen LogP contribution in [0.25, 0.3) is 0 Å². The van der Waals surface area contributed by atoms with Gasteiger partial charge in [0.15, 0.2) is 0 Å². The Hall–Kier alpha value is -1.06. The minimum absolute atomic E-state index is 0.0681. The molecule has 0 saturated carbocycles. The second kappa shape index (κ2) is 9.02. The van der Waals surface area contributed by atoms with E-state index in [9.17, 15) is 9.59 Å². The van der Waals surface area contributed by atoms with Gasteiger partial charge in [0.1, 0.15) is 0 Å². The number of hydrogen-bond donors (Lipinski definition) is 2. The number of hydrogen-bond acceptors (Lipinski definition) is 2. The summed E-state index contributed by atoms with van der Waals surface area (Å²) in [6.45, 7) is 6.23. The van der Waals surface area contributed by atoms with E-state index >= 15 is 0 Å². The molecule has 100 valence electrons. The monoisotopic (exact) mass is 243 g/mol. The smallest absolute Gasteiger partial charge is 0.306 e. The van der Waals surface area contributed by atoms with Crippen molar-refractivity contribution in [2.24, 2.45) is 11.8 Å². The first-order valence-electron chi connectivity index (χ1n) is 6.53. The first kappa shape index (κ1) is 15.9. The molecular weight excluding hydrogens is 218 g/mol. The summed E-state index contributed by atoms with van der Waals surface area (Å²) in [5.74, 6) is -1.06. The first-order valence-corrected chi connectivity index (χ1v) is 6.53. The normalized spacial score (nSPS) is 14.1. The van der Waals surface area contributed by atoms with Gasteiger partial charge in [-0.25, -0.2) is 0 Å². The second-order valence-corrected chi connectivity index (χ2v) is 4.57.